The zero-order valence-electron chi connectivity index (χ0n) is 12.0. The van der Waals surface area contributed by atoms with Gasteiger partial charge in [0, 0.05) is 23.7 Å². The van der Waals surface area contributed by atoms with Crippen LogP contribution in [0.5, 0.6) is 0 Å². The van der Waals surface area contributed by atoms with E-state index >= 15 is 0 Å². The van der Waals surface area contributed by atoms with E-state index in [0.717, 1.165) is 31.7 Å². The summed E-state index contributed by atoms with van der Waals surface area (Å²) in [6.07, 6.45) is 1.33. The Morgan fingerprint density at radius 3 is 2.90 bits per heavy atom. The van der Waals surface area contributed by atoms with Gasteiger partial charge in [-0.15, -0.1) is 0 Å². The Morgan fingerprint density at radius 2 is 2.14 bits per heavy atom. The monoisotopic (exact) mass is 307 g/mol. The molecule has 0 radical (unpaired) electrons. The lowest BCUT2D eigenvalue weighted by atomic mass is 10.2. The molecular formula is C15H18ClN3O2. The molecule has 1 saturated heterocycles. The summed E-state index contributed by atoms with van der Waals surface area (Å²) in [4.78, 5) is 6.75. The van der Waals surface area contributed by atoms with Gasteiger partial charge < -0.3 is 9.26 Å². The number of hydrogen-bond donors (Lipinski definition) is 0. The van der Waals surface area contributed by atoms with Gasteiger partial charge in [0.1, 0.15) is 0 Å². The van der Waals surface area contributed by atoms with E-state index in [1.54, 1.807) is 0 Å². The third kappa shape index (κ3) is 3.61. The maximum absolute atomic E-state index is 5.88. The number of ether oxygens (including phenoxy) is 1. The highest BCUT2D eigenvalue weighted by Crippen LogP contribution is 2.20. The van der Waals surface area contributed by atoms with Crippen molar-refractivity contribution in [3.05, 3.63) is 35.1 Å². The number of nitrogens with zero attached hydrogens (tertiary/aromatic N) is 3. The molecule has 1 fully saturated rings. The maximum Gasteiger partial charge on any atom is 0.257 e. The number of halogens is 1. The topological polar surface area (TPSA) is 51.4 Å². The average molecular weight is 308 g/mol. The molecule has 112 valence electrons. The van der Waals surface area contributed by atoms with Gasteiger partial charge in [-0.25, -0.2) is 0 Å². The fourth-order valence-electron chi connectivity index (χ4n) is 2.40. The van der Waals surface area contributed by atoms with Crippen molar-refractivity contribution in [1.82, 2.24) is 15.0 Å². The first-order valence-corrected chi connectivity index (χ1v) is 7.55. The van der Waals surface area contributed by atoms with E-state index in [9.17, 15) is 0 Å². The summed E-state index contributed by atoms with van der Waals surface area (Å²) >= 11 is 5.88. The molecule has 0 spiro atoms. The molecule has 1 aliphatic rings. The van der Waals surface area contributed by atoms with Crippen LogP contribution in [0.3, 0.4) is 0 Å². The highest BCUT2D eigenvalue weighted by molar-refractivity contribution is 6.30. The number of rotatable bonds is 4. The lowest BCUT2D eigenvalue weighted by Gasteiger charge is -2.31. The summed E-state index contributed by atoms with van der Waals surface area (Å²) in [5.41, 5.74) is 0.881. The van der Waals surface area contributed by atoms with Crippen molar-refractivity contribution in [2.45, 2.75) is 26.0 Å². The van der Waals surface area contributed by atoms with Crippen LogP contribution in [0, 0.1) is 0 Å². The molecule has 1 aliphatic heterocycles. The predicted octanol–water partition coefficient (Wildman–Crippen LogP) is 3.00. The molecule has 0 unspecified atom stereocenters. The molecule has 2 aromatic rings. The van der Waals surface area contributed by atoms with E-state index in [4.69, 9.17) is 20.9 Å². The van der Waals surface area contributed by atoms with E-state index in [2.05, 4.69) is 22.0 Å². The minimum Gasteiger partial charge on any atom is -0.376 e. The van der Waals surface area contributed by atoms with Crippen LogP contribution < -0.4 is 0 Å². The summed E-state index contributed by atoms with van der Waals surface area (Å²) in [6.45, 7) is 5.42. The Bertz CT molecular complexity index is 585. The Morgan fingerprint density at radius 1 is 1.33 bits per heavy atom. The molecule has 0 bridgehead atoms. The van der Waals surface area contributed by atoms with Gasteiger partial charge >= 0.3 is 0 Å². The predicted molar refractivity (Wildman–Crippen MR) is 80.1 cm³/mol. The van der Waals surface area contributed by atoms with Crippen LogP contribution in [-0.4, -0.2) is 40.8 Å². The lowest BCUT2D eigenvalue weighted by Crippen LogP contribution is -2.41. The number of benzene rings is 1. The molecule has 0 amide bonds. The van der Waals surface area contributed by atoms with Crippen molar-refractivity contribution in [3.8, 4) is 11.5 Å². The number of aromatic nitrogens is 2. The van der Waals surface area contributed by atoms with Gasteiger partial charge in [-0.1, -0.05) is 23.7 Å². The van der Waals surface area contributed by atoms with Gasteiger partial charge in [0.15, 0.2) is 5.82 Å². The average Bonchev–Trinajstić information content (AvgIpc) is 2.96. The van der Waals surface area contributed by atoms with Gasteiger partial charge in [0.2, 0.25) is 0 Å². The Kier molecular flexibility index (Phi) is 4.53. The number of morpholine rings is 1. The summed E-state index contributed by atoms with van der Waals surface area (Å²) in [6, 6.07) is 7.38. The van der Waals surface area contributed by atoms with Crippen LogP contribution in [0.2, 0.25) is 5.02 Å². The Balaban J connectivity index is 1.66. The van der Waals surface area contributed by atoms with Gasteiger partial charge in [0.25, 0.3) is 5.89 Å². The van der Waals surface area contributed by atoms with Crippen LogP contribution >= 0.6 is 11.6 Å². The van der Waals surface area contributed by atoms with E-state index in [-0.39, 0.29) is 0 Å². The minimum absolute atomic E-state index is 0.307. The molecule has 0 aliphatic carbocycles. The van der Waals surface area contributed by atoms with Crippen molar-refractivity contribution >= 4 is 11.6 Å². The molecule has 6 heteroatoms. The van der Waals surface area contributed by atoms with Crippen molar-refractivity contribution in [2.75, 3.05) is 19.7 Å². The molecule has 0 N–H and O–H groups in total. The molecule has 2 heterocycles. The number of hydrogen-bond acceptors (Lipinski definition) is 5. The Labute approximate surface area is 128 Å². The zero-order valence-corrected chi connectivity index (χ0v) is 12.7. The van der Waals surface area contributed by atoms with Gasteiger partial charge in [0.05, 0.1) is 19.3 Å². The lowest BCUT2D eigenvalue weighted by molar-refractivity contribution is -0.0333. The summed E-state index contributed by atoms with van der Waals surface area (Å²) in [5, 5.41) is 4.75. The first-order valence-electron chi connectivity index (χ1n) is 7.17. The first kappa shape index (κ1) is 14.5. The molecule has 1 aromatic heterocycles. The highest BCUT2D eigenvalue weighted by atomic mass is 35.5. The molecule has 1 aromatic carbocycles. The minimum atomic E-state index is 0.307. The van der Waals surface area contributed by atoms with E-state index in [0.29, 0.717) is 29.4 Å². The highest BCUT2D eigenvalue weighted by Gasteiger charge is 2.20. The van der Waals surface area contributed by atoms with Crippen molar-refractivity contribution in [1.29, 1.82) is 0 Å². The maximum atomic E-state index is 5.88. The van der Waals surface area contributed by atoms with Crippen LogP contribution in [-0.2, 0) is 11.3 Å². The second-order valence-electron chi connectivity index (χ2n) is 5.16. The van der Waals surface area contributed by atoms with Gasteiger partial charge in [-0.05, 0) is 30.7 Å². The molecule has 1 atom stereocenters. The standard InChI is InChI=1S/C15H18ClN3O2/c1-2-13-9-19(7-8-20-13)10-14-17-15(21-18-14)11-3-5-12(16)6-4-11/h3-6,13H,2,7-10H2,1H3/t13-/m1/s1. The van der Waals surface area contributed by atoms with E-state index < -0.39 is 0 Å². The normalized spacial score (nSPS) is 19.8. The fourth-order valence-corrected chi connectivity index (χ4v) is 2.52. The van der Waals surface area contributed by atoms with Crippen molar-refractivity contribution in [2.24, 2.45) is 0 Å². The molecule has 0 saturated carbocycles. The molecule has 3 rings (SSSR count). The second-order valence-corrected chi connectivity index (χ2v) is 5.60. The second kappa shape index (κ2) is 6.56. The van der Waals surface area contributed by atoms with Crippen LogP contribution in [0.1, 0.15) is 19.2 Å². The molecule has 21 heavy (non-hydrogen) atoms. The van der Waals surface area contributed by atoms with Crippen molar-refractivity contribution in [3.63, 3.8) is 0 Å². The Hall–Kier alpha value is -1.43. The summed E-state index contributed by atoms with van der Waals surface area (Å²) in [5.74, 6) is 1.23. The molecule has 5 nitrogen and oxygen atoms in total. The summed E-state index contributed by atoms with van der Waals surface area (Å²) in [7, 11) is 0. The zero-order chi connectivity index (χ0) is 14.7. The van der Waals surface area contributed by atoms with Crippen LogP contribution in [0.25, 0.3) is 11.5 Å². The van der Waals surface area contributed by atoms with E-state index in [1.807, 2.05) is 24.3 Å². The molecular weight excluding hydrogens is 290 g/mol. The van der Waals surface area contributed by atoms with Crippen LogP contribution in [0.15, 0.2) is 28.8 Å². The van der Waals surface area contributed by atoms with Gasteiger partial charge in [-0.3, -0.25) is 4.90 Å². The first-order chi connectivity index (χ1) is 10.2. The third-order valence-corrected chi connectivity index (χ3v) is 3.85. The largest absolute Gasteiger partial charge is 0.376 e. The fraction of sp³-hybridized carbons (Fsp3) is 0.467. The van der Waals surface area contributed by atoms with Crippen LogP contribution in [0.4, 0.5) is 0 Å². The smallest absolute Gasteiger partial charge is 0.257 e. The quantitative estimate of drug-likeness (QED) is 0.869. The summed E-state index contributed by atoms with van der Waals surface area (Å²) < 4.78 is 11.0. The van der Waals surface area contributed by atoms with Crippen molar-refractivity contribution < 1.29 is 9.26 Å². The third-order valence-electron chi connectivity index (χ3n) is 3.60. The van der Waals surface area contributed by atoms with Gasteiger partial charge in [-0.2, -0.15) is 4.98 Å². The SMILES string of the molecule is CC[C@@H]1CN(Cc2noc(-c3ccc(Cl)cc3)n2)CCO1. The van der Waals surface area contributed by atoms with E-state index in [1.165, 1.54) is 0 Å².